The highest BCUT2D eigenvalue weighted by atomic mass is 16.2. The van der Waals surface area contributed by atoms with Crippen molar-refractivity contribution in [3.05, 3.63) is 17.5 Å². The molecule has 0 aliphatic carbocycles. The molecular formula is C12H16N6O. The quantitative estimate of drug-likeness (QED) is 0.840. The molecule has 0 aromatic carbocycles. The standard InChI is InChI=1S/C12H16N6O/c1-8-7-9(2)18-11(13-8)14-10(16-18)15-12(19)17-5-3-4-6-17/h7H,3-6H2,1-2H3,(H,15,16,19). The Bertz CT molecular complexity index is 628. The number of nitrogens with zero attached hydrogens (tertiary/aromatic N) is 5. The monoisotopic (exact) mass is 260 g/mol. The Kier molecular flexibility index (Phi) is 2.81. The number of hydrogen-bond acceptors (Lipinski definition) is 4. The molecule has 7 heteroatoms. The fourth-order valence-electron chi connectivity index (χ4n) is 2.31. The fraction of sp³-hybridized carbons (Fsp3) is 0.500. The van der Waals surface area contributed by atoms with Crippen LogP contribution in [0.5, 0.6) is 0 Å². The van der Waals surface area contributed by atoms with Gasteiger partial charge in [0.2, 0.25) is 0 Å². The van der Waals surface area contributed by atoms with Crippen LogP contribution in [0.1, 0.15) is 24.2 Å². The van der Waals surface area contributed by atoms with Gasteiger partial charge < -0.3 is 4.90 Å². The fourth-order valence-corrected chi connectivity index (χ4v) is 2.31. The summed E-state index contributed by atoms with van der Waals surface area (Å²) in [6, 6.07) is 1.79. The Balaban J connectivity index is 1.85. The van der Waals surface area contributed by atoms with Crippen LogP contribution in [-0.2, 0) is 0 Å². The van der Waals surface area contributed by atoms with Crippen molar-refractivity contribution in [2.24, 2.45) is 0 Å². The molecule has 19 heavy (non-hydrogen) atoms. The average molecular weight is 260 g/mol. The molecule has 1 aliphatic heterocycles. The van der Waals surface area contributed by atoms with Crippen molar-refractivity contribution in [2.45, 2.75) is 26.7 Å². The number of aromatic nitrogens is 4. The highest BCUT2D eigenvalue weighted by Crippen LogP contribution is 2.11. The van der Waals surface area contributed by atoms with E-state index in [1.165, 1.54) is 0 Å². The average Bonchev–Trinajstić information content (AvgIpc) is 2.96. The van der Waals surface area contributed by atoms with E-state index in [9.17, 15) is 4.79 Å². The van der Waals surface area contributed by atoms with Crippen molar-refractivity contribution in [1.29, 1.82) is 0 Å². The molecule has 3 heterocycles. The maximum atomic E-state index is 11.9. The van der Waals surface area contributed by atoms with E-state index in [4.69, 9.17) is 0 Å². The molecule has 2 amide bonds. The summed E-state index contributed by atoms with van der Waals surface area (Å²) < 4.78 is 1.63. The summed E-state index contributed by atoms with van der Waals surface area (Å²) in [6.45, 7) is 5.44. The molecule has 1 saturated heterocycles. The van der Waals surface area contributed by atoms with E-state index in [-0.39, 0.29) is 6.03 Å². The SMILES string of the molecule is Cc1cc(C)n2nc(NC(=O)N3CCCC3)nc2n1. The van der Waals surface area contributed by atoms with Crippen molar-refractivity contribution in [2.75, 3.05) is 18.4 Å². The van der Waals surface area contributed by atoms with Gasteiger partial charge in [-0.15, -0.1) is 5.10 Å². The molecule has 1 fully saturated rings. The lowest BCUT2D eigenvalue weighted by molar-refractivity contribution is 0.222. The zero-order valence-corrected chi connectivity index (χ0v) is 11.1. The van der Waals surface area contributed by atoms with Crippen LogP contribution in [0.2, 0.25) is 0 Å². The van der Waals surface area contributed by atoms with Crippen LogP contribution in [0.3, 0.4) is 0 Å². The second kappa shape index (κ2) is 4.49. The summed E-state index contributed by atoms with van der Waals surface area (Å²) in [5.41, 5.74) is 1.83. The van der Waals surface area contributed by atoms with Crippen LogP contribution >= 0.6 is 0 Å². The number of anilines is 1. The molecule has 1 aliphatic rings. The molecule has 0 saturated carbocycles. The molecule has 3 rings (SSSR count). The number of rotatable bonds is 1. The van der Waals surface area contributed by atoms with Gasteiger partial charge in [-0.1, -0.05) is 0 Å². The Morgan fingerprint density at radius 3 is 2.74 bits per heavy atom. The molecule has 0 bridgehead atoms. The van der Waals surface area contributed by atoms with Crippen molar-refractivity contribution >= 4 is 17.8 Å². The first-order valence-electron chi connectivity index (χ1n) is 6.40. The number of hydrogen-bond donors (Lipinski definition) is 1. The molecular weight excluding hydrogens is 244 g/mol. The molecule has 0 radical (unpaired) electrons. The van der Waals surface area contributed by atoms with E-state index in [2.05, 4.69) is 20.4 Å². The molecule has 2 aromatic heterocycles. The van der Waals surface area contributed by atoms with Crippen LogP contribution in [0.15, 0.2) is 6.07 Å². The molecule has 0 unspecified atom stereocenters. The third-order valence-corrected chi connectivity index (χ3v) is 3.23. The minimum absolute atomic E-state index is 0.136. The molecule has 1 N–H and O–H groups in total. The van der Waals surface area contributed by atoms with Gasteiger partial charge in [-0.25, -0.2) is 9.78 Å². The van der Waals surface area contributed by atoms with Crippen LogP contribution in [-0.4, -0.2) is 43.6 Å². The van der Waals surface area contributed by atoms with Crippen LogP contribution in [0.4, 0.5) is 10.7 Å². The first kappa shape index (κ1) is 11.9. The smallest absolute Gasteiger partial charge is 0.324 e. The van der Waals surface area contributed by atoms with E-state index in [1.54, 1.807) is 9.42 Å². The molecule has 7 nitrogen and oxygen atoms in total. The maximum Gasteiger partial charge on any atom is 0.324 e. The molecule has 0 spiro atoms. The van der Waals surface area contributed by atoms with Crippen molar-refractivity contribution in [3.63, 3.8) is 0 Å². The molecule has 100 valence electrons. The van der Waals surface area contributed by atoms with E-state index in [0.717, 1.165) is 37.3 Å². The van der Waals surface area contributed by atoms with Crippen molar-refractivity contribution in [3.8, 4) is 0 Å². The van der Waals surface area contributed by atoms with Gasteiger partial charge in [-0.05, 0) is 32.8 Å². The Morgan fingerprint density at radius 2 is 2.00 bits per heavy atom. The van der Waals surface area contributed by atoms with Crippen LogP contribution in [0, 0.1) is 13.8 Å². The largest absolute Gasteiger partial charge is 0.324 e. The summed E-state index contributed by atoms with van der Waals surface area (Å²) >= 11 is 0. The van der Waals surface area contributed by atoms with Crippen molar-refractivity contribution in [1.82, 2.24) is 24.5 Å². The lowest BCUT2D eigenvalue weighted by Crippen LogP contribution is -2.32. The van der Waals surface area contributed by atoms with E-state index in [0.29, 0.717) is 11.7 Å². The minimum Gasteiger partial charge on any atom is -0.324 e. The number of carbonyl (C=O) groups is 1. The third kappa shape index (κ3) is 2.23. The number of amides is 2. The van der Waals surface area contributed by atoms with Gasteiger partial charge in [0.1, 0.15) is 0 Å². The Morgan fingerprint density at radius 1 is 1.26 bits per heavy atom. The van der Waals surface area contributed by atoms with Gasteiger partial charge >= 0.3 is 6.03 Å². The predicted molar refractivity (Wildman–Crippen MR) is 70.1 cm³/mol. The summed E-state index contributed by atoms with van der Waals surface area (Å²) in [5, 5.41) is 6.97. The highest BCUT2D eigenvalue weighted by Gasteiger charge is 2.19. The zero-order valence-electron chi connectivity index (χ0n) is 11.1. The second-order valence-electron chi connectivity index (χ2n) is 4.81. The van der Waals surface area contributed by atoms with Gasteiger partial charge in [0.15, 0.2) is 0 Å². The summed E-state index contributed by atoms with van der Waals surface area (Å²) in [6.07, 6.45) is 2.12. The van der Waals surface area contributed by atoms with Crippen LogP contribution < -0.4 is 5.32 Å². The normalized spacial score (nSPS) is 15.2. The van der Waals surface area contributed by atoms with E-state index < -0.39 is 0 Å². The lowest BCUT2D eigenvalue weighted by Gasteiger charge is -2.13. The topological polar surface area (TPSA) is 75.4 Å². The number of carbonyl (C=O) groups excluding carboxylic acids is 1. The van der Waals surface area contributed by atoms with Gasteiger partial charge in [-0.3, -0.25) is 5.32 Å². The van der Waals surface area contributed by atoms with E-state index in [1.807, 2.05) is 19.9 Å². The number of fused-ring (bicyclic) bond motifs is 1. The number of aryl methyl sites for hydroxylation is 2. The van der Waals surface area contributed by atoms with Gasteiger partial charge in [0.05, 0.1) is 0 Å². The molecule has 0 atom stereocenters. The first-order valence-corrected chi connectivity index (χ1v) is 6.40. The first-order chi connectivity index (χ1) is 9.13. The number of urea groups is 1. The Hall–Kier alpha value is -2.18. The maximum absolute atomic E-state index is 11.9. The van der Waals surface area contributed by atoms with Crippen LogP contribution in [0.25, 0.3) is 5.78 Å². The summed E-state index contributed by atoms with van der Waals surface area (Å²) in [7, 11) is 0. The third-order valence-electron chi connectivity index (χ3n) is 3.23. The lowest BCUT2D eigenvalue weighted by atomic mass is 10.4. The van der Waals surface area contributed by atoms with Gasteiger partial charge in [0, 0.05) is 24.5 Å². The van der Waals surface area contributed by atoms with Gasteiger partial charge in [0.25, 0.3) is 11.7 Å². The number of nitrogens with one attached hydrogen (secondary N) is 1. The minimum atomic E-state index is -0.136. The number of likely N-dealkylation sites (tertiary alicyclic amines) is 1. The van der Waals surface area contributed by atoms with Gasteiger partial charge in [-0.2, -0.15) is 9.50 Å². The summed E-state index contributed by atoms with van der Waals surface area (Å²) in [4.78, 5) is 22.2. The molecule has 2 aromatic rings. The zero-order chi connectivity index (χ0) is 13.4. The predicted octanol–water partition coefficient (Wildman–Crippen LogP) is 1.37. The van der Waals surface area contributed by atoms with E-state index >= 15 is 0 Å². The second-order valence-corrected chi connectivity index (χ2v) is 4.81. The summed E-state index contributed by atoms with van der Waals surface area (Å²) in [5.74, 6) is 0.812. The highest BCUT2D eigenvalue weighted by molar-refractivity contribution is 5.87. The van der Waals surface area contributed by atoms with Crippen molar-refractivity contribution < 1.29 is 4.79 Å². The Labute approximate surface area is 110 Å².